The van der Waals surface area contributed by atoms with E-state index in [1.807, 2.05) is 0 Å². The molecule has 5 nitrogen and oxygen atoms in total. The first-order valence-electron chi connectivity index (χ1n) is 4.11. The molecule has 0 aliphatic carbocycles. The summed E-state index contributed by atoms with van der Waals surface area (Å²) in [4.78, 5) is 10.3. The topological polar surface area (TPSA) is 75.1 Å². The van der Waals surface area contributed by atoms with Crippen LogP contribution in [0, 0.1) is 0 Å². The molecule has 0 spiro atoms. The fourth-order valence-electron chi connectivity index (χ4n) is 0.799. The molecule has 14 heavy (non-hydrogen) atoms. The van der Waals surface area contributed by atoms with Gasteiger partial charge in [-0.15, -0.1) is 16.8 Å². The molecule has 0 saturated heterocycles. The van der Waals surface area contributed by atoms with Crippen molar-refractivity contribution in [1.82, 2.24) is 10.2 Å². The van der Waals surface area contributed by atoms with Crippen molar-refractivity contribution in [3.63, 3.8) is 0 Å². The number of nitrogens with one attached hydrogen (secondary N) is 1. The van der Waals surface area contributed by atoms with Crippen LogP contribution in [0.15, 0.2) is 12.7 Å². The quantitative estimate of drug-likeness (QED) is 0.693. The number of hydrogen-bond donors (Lipinski definition) is 2. The Morgan fingerprint density at radius 1 is 1.64 bits per heavy atom. The van der Waals surface area contributed by atoms with Gasteiger partial charge in [0.15, 0.2) is 0 Å². The van der Waals surface area contributed by atoms with Gasteiger partial charge in [-0.1, -0.05) is 17.4 Å². The summed E-state index contributed by atoms with van der Waals surface area (Å²) in [5.74, 6) is -0.819. The molecule has 6 heteroatoms. The summed E-state index contributed by atoms with van der Waals surface area (Å²) >= 11 is 1.37. The minimum absolute atomic E-state index is 0.0933. The number of nitrogens with zero attached hydrogens (tertiary/aromatic N) is 2. The minimum atomic E-state index is -0.819. The lowest BCUT2D eigenvalue weighted by Crippen LogP contribution is -1.96. The first kappa shape index (κ1) is 10.6. The fraction of sp³-hybridized carbons (Fsp3) is 0.375. The van der Waals surface area contributed by atoms with Crippen LogP contribution in [0.25, 0.3) is 0 Å². The minimum Gasteiger partial charge on any atom is -0.481 e. The standard InChI is InChI=1S/C8H11N3O2S/c1-2-5-9-8-11-10-6(14-8)3-4-7(12)13/h2H,1,3-5H2,(H,9,11)(H,12,13). The Hall–Kier alpha value is -1.43. The summed E-state index contributed by atoms with van der Waals surface area (Å²) in [6, 6.07) is 0. The third kappa shape index (κ3) is 3.53. The van der Waals surface area contributed by atoms with Gasteiger partial charge in [-0.05, 0) is 0 Å². The van der Waals surface area contributed by atoms with Crippen molar-refractivity contribution in [2.45, 2.75) is 12.8 Å². The largest absolute Gasteiger partial charge is 0.481 e. The lowest BCUT2D eigenvalue weighted by Gasteiger charge is -1.92. The zero-order valence-corrected chi connectivity index (χ0v) is 8.38. The van der Waals surface area contributed by atoms with E-state index >= 15 is 0 Å². The fourth-order valence-corrected chi connectivity index (χ4v) is 1.55. The highest BCUT2D eigenvalue weighted by molar-refractivity contribution is 7.15. The average molecular weight is 213 g/mol. The Morgan fingerprint density at radius 3 is 3.07 bits per heavy atom. The smallest absolute Gasteiger partial charge is 0.303 e. The molecule has 1 aromatic rings. The second-order valence-corrected chi connectivity index (χ2v) is 3.63. The first-order chi connectivity index (χ1) is 6.72. The SMILES string of the molecule is C=CCNc1nnc(CCC(=O)O)s1. The van der Waals surface area contributed by atoms with Crippen molar-refractivity contribution in [3.8, 4) is 0 Å². The summed E-state index contributed by atoms with van der Waals surface area (Å²) in [6.45, 7) is 4.19. The van der Waals surface area contributed by atoms with Crippen LogP contribution in [0.4, 0.5) is 5.13 Å². The summed E-state index contributed by atoms with van der Waals surface area (Å²) in [7, 11) is 0. The molecule has 0 bridgehead atoms. The van der Waals surface area contributed by atoms with Crippen molar-refractivity contribution in [3.05, 3.63) is 17.7 Å². The van der Waals surface area contributed by atoms with Crippen molar-refractivity contribution >= 4 is 22.4 Å². The van der Waals surface area contributed by atoms with E-state index in [-0.39, 0.29) is 6.42 Å². The number of carboxylic acid groups (broad SMARTS) is 1. The van der Waals surface area contributed by atoms with Gasteiger partial charge in [0.05, 0.1) is 6.42 Å². The highest BCUT2D eigenvalue weighted by Gasteiger charge is 2.05. The molecule has 0 amide bonds. The predicted octanol–water partition coefficient (Wildman–Crippen LogP) is 1.15. The van der Waals surface area contributed by atoms with Crippen LogP contribution in [0.5, 0.6) is 0 Å². The second kappa shape index (κ2) is 5.33. The Balaban J connectivity index is 2.42. The molecule has 0 aromatic carbocycles. The van der Waals surface area contributed by atoms with Gasteiger partial charge in [-0.3, -0.25) is 4.79 Å². The lowest BCUT2D eigenvalue weighted by molar-refractivity contribution is -0.136. The van der Waals surface area contributed by atoms with Gasteiger partial charge in [0, 0.05) is 13.0 Å². The summed E-state index contributed by atoms with van der Waals surface area (Å²) < 4.78 is 0. The zero-order chi connectivity index (χ0) is 10.4. The second-order valence-electron chi connectivity index (χ2n) is 2.56. The van der Waals surface area contributed by atoms with Gasteiger partial charge in [-0.25, -0.2) is 0 Å². The molecule has 0 radical (unpaired) electrons. The van der Waals surface area contributed by atoms with E-state index in [0.717, 1.165) is 5.01 Å². The van der Waals surface area contributed by atoms with E-state index in [1.165, 1.54) is 11.3 Å². The maximum atomic E-state index is 10.3. The number of carbonyl (C=O) groups is 1. The van der Waals surface area contributed by atoms with Crippen LogP contribution in [0.1, 0.15) is 11.4 Å². The maximum Gasteiger partial charge on any atom is 0.303 e. The molecule has 2 N–H and O–H groups in total. The number of aromatic nitrogens is 2. The molecule has 1 aromatic heterocycles. The molecule has 0 saturated carbocycles. The molecule has 0 atom stereocenters. The van der Waals surface area contributed by atoms with Crippen LogP contribution in [0.2, 0.25) is 0 Å². The number of aliphatic carboxylic acids is 1. The van der Waals surface area contributed by atoms with Crippen molar-refractivity contribution in [2.75, 3.05) is 11.9 Å². The molecule has 0 aliphatic rings. The first-order valence-corrected chi connectivity index (χ1v) is 4.93. The van der Waals surface area contributed by atoms with E-state index in [1.54, 1.807) is 6.08 Å². The van der Waals surface area contributed by atoms with Crippen molar-refractivity contribution in [1.29, 1.82) is 0 Å². The van der Waals surface area contributed by atoms with E-state index in [2.05, 4.69) is 22.1 Å². The van der Waals surface area contributed by atoms with E-state index in [0.29, 0.717) is 18.1 Å². The normalized spacial score (nSPS) is 9.71. The highest BCUT2D eigenvalue weighted by Crippen LogP contribution is 2.15. The number of hydrogen-bond acceptors (Lipinski definition) is 5. The Kier molecular flexibility index (Phi) is 4.06. The van der Waals surface area contributed by atoms with Crippen LogP contribution in [-0.2, 0) is 11.2 Å². The molecule has 0 unspecified atom stereocenters. The van der Waals surface area contributed by atoms with Crippen LogP contribution < -0.4 is 5.32 Å². The Labute approximate surface area is 85.5 Å². The summed E-state index contributed by atoms with van der Waals surface area (Å²) in [5, 5.41) is 20.6. The zero-order valence-electron chi connectivity index (χ0n) is 7.56. The van der Waals surface area contributed by atoms with Gasteiger partial charge < -0.3 is 10.4 Å². The van der Waals surface area contributed by atoms with E-state index in [4.69, 9.17) is 5.11 Å². The van der Waals surface area contributed by atoms with Crippen LogP contribution in [-0.4, -0.2) is 27.8 Å². The average Bonchev–Trinajstić information content (AvgIpc) is 2.59. The molecule has 1 rings (SSSR count). The molecule has 1 heterocycles. The number of carboxylic acids is 1. The van der Waals surface area contributed by atoms with Crippen molar-refractivity contribution in [2.24, 2.45) is 0 Å². The van der Waals surface area contributed by atoms with E-state index in [9.17, 15) is 4.79 Å². The molecular formula is C8H11N3O2S. The molecule has 76 valence electrons. The number of anilines is 1. The van der Waals surface area contributed by atoms with Gasteiger partial charge in [0.25, 0.3) is 0 Å². The monoisotopic (exact) mass is 213 g/mol. The predicted molar refractivity (Wildman–Crippen MR) is 54.6 cm³/mol. The van der Waals surface area contributed by atoms with Gasteiger partial charge in [-0.2, -0.15) is 0 Å². The highest BCUT2D eigenvalue weighted by atomic mass is 32.1. The molecule has 0 fully saturated rings. The Morgan fingerprint density at radius 2 is 2.43 bits per heavy atom. The third-order valence-corrected chi connectivity index (χ3v) is 2.36. The van der Waals surface area contributed by atoms with Crippen LogP contribution >= 0.6 is 11.3 Å². The summed E-state index contributed by atoms with van der Waals surface area (Å²) in [6.07, 6.45) is 2.25. The maximum absolute atomic E-state index is 10.3. The molecular weight excluding hydrogens is 202 g/mol. The number of rotatable bonds is 6. The summed E-state index contributed by atoms with van der Waals surface area (Å²) in [5.41, 5.74) is 0. The van der Waals surface area contributed by atoms with Crippen LogP contribution in [0.3, 0.4) is 0 Å². The van der Waals surface area contributed by atoms with Gasteiger partial charge in [0.1, 0.15) is 5.01 Å². The number of aryl methyl sites for hydroxylation is 1. The van der Waals surface area contributed by atoms with Crippen molar-refractivity contribution < 1.29 is 9.90 Å². The lowest BCUT2D eigenvalue weighted by atomic mass is 10.3. The van der Waals surface area contributed by atoms with E-state index < -0.39 is 5.97 Å². The molecule has 0 aliphatic heterocycles. The third-order valence-electron chi connectivity index (χ3n) is 1.42. The van der Waals surface area contributed by atoms with Gasteiger partial charge in [0.2, 0.25) is 5.13 Å². The van der Waals surface area contributed by atoms with Gasteiger partial charge >= 0.3 is 5.97 Å². The Bertz CT molecular complexity index is 324.